The zero-order valence-electron chi connectivity index (χ0n) is 12.9. The van der Waals surface area contributed by atoms with E-state index in [-0.39, 0.29) is 5.54 Å². The van der Waals surface area contributed by atoms with E-state index in [2.05, 4.69) is 44.6 Å². The van der Waals surface area contributed by atoms with Crippen LogP contribution in [0.15, 0.2) is 12.3 Å². The van der Waals surface area contributed by atoms with Crippen molar-refractivity contribution in [1.82, 2.24) is 9.78 Å². The van der Waals surface area contributed by atoms with Gasteiger partial charge in [0.2, 0.25) is 0 Å². The normalized spacial score (nSPS) is 33.3. The van der Waals surface area contributed by atoms with Crippen LogP contribution in [-0.2, 0) is 6.42 Å². The average molecular weight is 263 g/mol. The van der Waals surface area contributed by atoms with Crippen molar-refractivity contribution >= 4 is 0 Å². The van der Waals surface area contributed by atoms with Gasteiger partial charge in [-0.1, -0.05) is 20.8 Å². The fourth-order valence-corrected chi connectivity index (χ4v) is 3.73. The minimum absolute atomic E-state index is 0.0499. The molecular formula is C16H29N3. The molecule has 108 valence electrons. The summed E-state index contributed by atoms with van der Waals surface area (Å²) in [6, 6.07) is 2.62. The van der Waals surface area contributed by atoms with Gasteiger partial charge in [-0.3, -0.25) is 4.68 Å². The molecule has 0 aliphatic heterocycles. The van der Waals surface area contributed by atoms with Crippen LogP contribution >= 0.6 is 0 Å². The van der Waals surface area contributed by atoms with Crippen LogP contribution in [0.3, 0.4) is 0 Å². The smallest absolute Gasteiger partial charge is 0.0643 e. The highest BCUT2D eigenvalue weighted by molar-refractivity contribution is 5.07. The molecule has 2 N–H and O–H groups in total. The van der Waals surface area contributed by atoms with E-state index < -0.39 is 0 Å². The van der Waals surface area contributed by atoms with Crippen LogP contribution in [0, 0.1) is 11.8 Å². The van der Waals surface area contributed by atoms with Crippen molar-refractivity contribution < 1.29 is 0 Å². The Morgan fingerprint density at radius 2 is 2.05 bits per heavy atom. The van der Waals surface area contributed by atoms with Gasteiger partial charge >= 0.3 is 0 Å². The van der Waals surface area contributed by atoms with Crippen LogP contribution in [0.5, 0.6) is 0 Å². The van der Waals surface area contributed by atoms with Gasteiger partial charge < -0.3 is 5.73 Å². The molecule has 1 aliphatic carbocycles. The molecule has 19 heavy (non-hydrogen) atoms. The summed E-state index contributed by atoms with van der Waals surface area (Å²) in [5.41, 5.74) is 7.75. The van der Waals surface area contributed by atoms with Crippen LogP contribution < -0.4 is 5.73 Å². The molecule has 1 fully saturated rings. The van der Waals surface area contributed by atoms with E-state index in [1.807, 2.05) is 0 Å². The Morgan fingerprint density at radius 3 is 2.63 bits per heavy atom. The molecule has 0 radical (unpaired) electrons. The summed E-state index contributed by atoms with van der Waals surface area (Å²) in [5, 5.41) is 4.71. The molecular weight excluding hydrogens is 234 g/mol. The fourth-order valence-electron chi connectivity index (χ4n) is 3.73. The van der Waals surface area contributed by atoms with Gasteiger partial charge in [-0.05, 0) is 50.5 Å². The van der Waals surface area contributed by atoms with Gasteiger partial charge in [0.25, 0.3) is 0 Å². The lowest BCUT2D eigenvalue weighted by Gasteiger charge is -2.39. The van der Waals surface area contributed by atoms with E-state index in [1.165, 1.54) is 6.42 Å². The molecule has 0 aromatic carbocycles. The van der Waals surface area contributed by atoms with Gasteiger partial charge in [0, 0.05) is 24.2 Å². The lowest BCUT2D eigenvalue weighted by molar-refractivity contribution is 0.181. The zero-order valence-corrected chi connectivity index (χ0v) is 12.9. The third-order valence-corrected chi connectivity index (χ3v) is 4.55. The third kappa shape index (κ3) is 3.59. The van der Waals surface area contributed by atoms with Crippen molar-refractivity contribution in [3.05, 3.63) is 18.0 Å². The molecule has 1 heterocycles. The maximum Gasteiger partial charge on any atom is 0.0643 e. The minimum atomic E-state index is -0.0499. The second-order valence-electron chi connectivity index (χ2n) is 6.94. The Kier molecular flexibility index (Phi) is 4.34. The molecule has 1 aliphatic rings. The van der Waals surface area contributed by atoms with Crippen molar-refractivity contribution in [2.45, 2.75) is 71.4 Å². The standard InChI is InChI=1S/C16H29N3/c1-5-14(4)19-7-6-15(18-19)11-16(17)9-12(2)8-13(3)10-16/h6-7,12-14H,5,8-11,17H2,1-4H3. The number of nitrogens with zero attached hydrogens (tertiary/aromatic N) is 2. The van der Waals surface area contributed by atoms with Gasteiger partial charge in [0.05, 0.1) is 5.69 Å². The second kappa shape index (κ2) is 5.66. The Balaban J connectivity index is 2.05. The van der Waals surface area contributed by atoms with Gasteiger partial charge in [0.15, 0.2) is 0 Å². The summed E-state index contributed by atoms with van der Waals surface area (Å²) in [6.07, 6.45) is 7.72. The Hall–Kier alpha value is -0.830. The molecule has 3 nitrogen and oxygen atoms in total. The summed E-state index contributed by atoms with van der Waals surface area (Å²) in [6.45, 7) is 9.06. The van der Waals surface area contributed by atoms with Crippen molar-refractivity contribution in [3.63, 3.8) is 0 Å². The fraction of sp³-hybridized carbons (Fsp3) is 0.812. The molecule has 1 aromatic rings. The number of nitrogens with two attached hydrogens (primary N) is 1. The van der Waals surface area contributed by atoms with Gasteiger partial charge in [-0.15, -0.1) is 0 Å². The predicted octanol–water partition coefficient (Wildman–Crippen LogP) is 3.55. The van der Waals surface area contributed by atoms with Crippen LogP contribution in [-0.4, -0.2) is 15.3 Å². The molecule has 0 saturated heterocycles. The molecule has 0 bridgehead atoms. The van der Waals surface area contributed by atoms with Crippen LogP contribution in [0.2, 0.25) is 0 Å². The molecule has 3 heteroatoms. The monoisotopic (exact) mass is 263 g/mol. The van der Waals surface area contributed by atoms with E-state index in [9.17, 15) is 0 Å². The van der Waals surface area contributed by atoms with Gasteiger partial charge in [0.1, 0.15) is 0 Å². The Labute approximate surface area is 117 Å². The van der Waals surface area contributed by atoms with Crippen molar-refractivity contribution in [3.8, 4) is 0 Å². The van der Waals surface area contributed by atoms with Gasteiger partial charge in [-0.2, -0.15) is 5.10 Å². The highest BCUT2D eigenvalue weighted by atomic mass is 15.3. The Morgan fingerprint density at radius 1 is 1.42 bits per heavy atom. The molecule has 1 aromatic heterocycles. The summed E-state index contributed by atoms with van der Waals surface area (Å²) < 4.78 is 2.08. The van der Waals surface area contributed by atoms with E-state index in [4.69, 9.17) is 10.8 Å². The SMILES string of the molecule is CCC(C)n1ccc(CC2(N)CC(C)CC(C)C2)n1. The largest absolute Gasteiger partial charge is 0.325 e. The topological polar surface area (TPSA) is 43.8 Å². The van der Waals surface area contributed by atoms with Crippen molar-refractivity contribution in [2.75, 3.05) is 0 Å². The van der Waals surface area contributed by atoms with Crippen LogP contribution in [0.1, 0.15) is 65.1 Å². The van der Waals surface area contributed by atoms with Crippen molar-refractivity contribution in [2.24, 2.45) is 17.6 Å². The first-order valence-corrected chi connectivity index (χ1v) is 7.75. The molecule has 1 saturated carbocycles. The lowest BCUT2D eigenvalue weighted by atomic mass is 9.70. The van der Waals surface area contributed by atoms with Crippen LogP contribution in [0.25, 0.3) is 0 Å². The average Bonchev–Trinajstić information content (AvgIpc) is 2.73. The minimum Gasteiger partial charge on any atom is -0.325 e. The molecule has 0 amide bonds. The quantitative estimate of drug-likeness (QED) is 0.902. The molecule has 2 rings (SSSR count). The predicted molar refractivity (Wildman–Crippen MR) is 80.0 cm³/mol. The first-order chi connectivity index (χ1) is 8.92. The third-order valence-electron chi connectivity index (χ3n) is 4.55. The number of rotatable bonds is 4. The van der Waals surface area contributed by atoms with Crippen LogP contribution in [0.4, 0.5) is 0 Å². The summed E-state index contributed by atoms with van der Waals surface area (Å²) in [4.78, 5) is 0. The number of aromatic nitrogens is 2. The van der Waals surface area contributed by atoms with E-state index in [0.29, 0.717) is 6.04 Å². The Bertz CT molecular complexity index is 400. The summed E-state index contributed by atoms with van der Waals surface area (Å²) >= 11 is 0. The lowest BCUT2D eigenvalue weighted by Crippen LogP contribution is -2.48. The van der Waals surface area contributed by atoms with E-state index in [0.717, 1.165) is 43.2 Å². The van der Waals surface area contributed by atoms with Gasteiger partial charge in [-0.25, -0.2) is 0 Å². The highest BCUT2D eigenvalue weighted by Gasteiger charge is 2.35. The second-order valence-corrected chi connectivity index (χ2v) is 6.94. The molecule has 3 unspecified atom stereocenters. The zero-order chi connectivity index (χ0) is 14.0. The maximum absolute atomic E-state index is 6.64. The maximum atomic E-state index is 6.64. The number of hydrogen-bond donors (Lipinski definition) is 1. The molecule has 3 atom stereocenters. The number of hydrogen-bond acceptors (Lipinski definition) is 2. The first kappa shape index (κ1) is 14.6. The highest BCUT2D eigenvalue weighted by Crippen LogP contribution is 2.36. The molecule has 0 spiro atoms. The summed E-state index contributed by atoms with van der Waals surface area (Å²) in [7, 11) is 0. The summed E-state index contributed by atoms with van der Waals surface area (Å²) in [5.74, 6) is 1.48. The van der Waals surface area contributed by atoms with E-state index >= 15 is 0 Å². The first-order valence-electron chi connectivity index (χ1n) is 7.75. The van der Waals surface area contributed by atoms with Crippen molar-refractivity contribution in [1.29, 1.82) is 0 Å². The van der Waals surface area contributed by atoms with E-state index in [1.54, 1.807) is 0 Å².